The largest absolute Gasteiger partial charge is 0.480 e. The van der Waals surface area contributed by atoms with Crippen molar-refractivity contribution in [2.45, 2.75) is 43.4 Å². The Balaban J connectivity index is 2.13. The first kappa shape index (κ1) is 28.2. The molecule has 0 aliphatic carbocycles. The number of nitrogens with one attached hydrogen (secondary N) is 5. The maximum absolute atomic E-state index is 13.2. The molecule has 0 aliphatic rings. The number of rotatable bonds is 15. The van der Waals surface area contributed by atoms with Crippen LogP contribution in [0.15, 0.2) is 25.0 Å². The van der Waals surface area contributed by atoms with Crippen molar-refractivity contribution < 1.29 is 24.3 Å². The maximum atomic E-state index is 13.2. The maximum Gasteiger partial charge on any atom is 0.327 e. The fourth-order valence-corrected chi connectivity index (χ4v) is 3.78. The Morgan fingerprint density at radius 1 is 0.971 bits per heavy atom. The van der Waals surface area contributed by atoms with Gasteiger partial charge in [0.25, 0.3) is 0 Å². The van der Waals surface area contributed by atoms with Gasteiger partial charge in [-0.2, -0.15) is 24.4 Å². The Morgan fingerprint density at radius 3 is 2.03 bits per heavy atom. The molecule has 2 aromatic rings. The van der Waals surface area contributed by atoms with E-state index in [1.807, 2.05) is 6.26 Å². The molecule has 8 N–H and O–H groups in total. The third kappa shape index (κ3) is 9.26. The van der Waals surface area contributed by atoms with Crippen LogP contribution in [-0.2, 0) is 32.0 Å². The van der Waals surface area contributed by atoms with Crippen LogP contribution >= 0.6 is 24.4 Å². The van der Waals surface area contributed by atoms with E-state index in [2.05, 4.69) is 48.5 Å². The first-order chi connectivity index (χ1) is 16.7. The van der Waals surface area contributed by atoms with E-state index in [0.717, 1.165) is 0 Å². The second-order valence-corrected chi connectivity index (χ2v) is 9.00. The first-order valence-corrected chi connectivity index (χ1v) is 12.7. The molecule has 0 fully saturated rings. The van der Waals surface area contributed by atoms with Crippen LogP contribution in [0.25, 0.3) is 0 Å². The summed E-state index contributed by atoms with van der Waals surface area (Å²) in [6.45, 7) is 0. The molecule has 0 aromatic carbocycles. The number of hydrogen-bond acceptors (Lipinski definition) is 9. The predicted octanol–water partition coefficient (Wildman–Crippen LogP) is -1.53. The molecule has 2 heterocycles. The summed E-state index contributed by atoms with van der Waals surface area (Å²) in [5.41, 5.74) is 7.25. The van der Waals surface area contributed by atoms with E-state index in [0.29, 0.717) is 17.1 Å². The van der Waals surface area contributed by atoms with Crippen LogP contribution in [0.4, 0.5) is 0 Å². The average Bonchev–Trinajstić information content (AvgIpc) is 3.53. The Hall–Kier alpha value is -3.04. The molecule has 0 saturated heterocycles. The number of amides is 3. The number of thioether (sulfide) groups is 1. The van der Waals surface area contributed by atoms with Crippen LogP contribution < -0.4 is 21.7 Å². The van der Waals surface area contributed by atoms with Gasteiger partial charge in [0.1, 0.15) is 18.1 Å². The Labute approximate surface area is 211 Å². The van der Waals surface area contributed by atoms with E-state index in [9.17, 15) is 24.3 Å². The quantitative estimate of drug-likeness (QED) is 0.126. The third-order valence-electron chi connectivity index (χ3n) is 4.98. The predicted molar refractivity (Wildman–Crippen MR) is 133 cm³/mol. The van der Waals surface area contributed by atoms with E-state index in [-0.39, 0.29) is 25.0 Å². The van der Waals surface area contributed by atoms with Gasteiger partial charge in [0, 0.05) is 42.4 Å². The minimum Gasteiger partial charge on any atom is -0.480 e. The highest BCUT2D eigenvalue weighted by atomic mass is 32.2. The Morgan fingerprint density at radius 2 is 1.51 bits per heavy atom. The van der Waals surface area contributed by atoms with Gasteiger partial charge in [-0.25, -0.2) is 14.8 Å². The molecular weight excluding hydrogens is 496 g/mol. The summed E-state index contributed by atoms with van der Waals surface area (Å²) in [5, 5.41) is 16.9. The number of thiol groups is 1. The van der Waals surface area contributed by atoms with Gasteiger partial charge in [0.15, 0.2) is 0 Å². The zero-order chi connectivity index (χ0) is 25.8. The molecule has 0 bridgehead atoms. The highest BCUT2D eigenvalue weighted by Crippen LogP contribution is 2.06. The lowest BCUT2D eigenvalue weighted by Crippen LogP contribution is -2.58. The third-order valence-corrected chi connectivity index (χ3v) is 5.99. The summed E-state index contributed by atoms with van der Waals surface area (Å²) < 4.78 is 0. The van der Waals surface area contributed by atoms with Crippen LogP contribution in [0.5, 0.6) is 0 Å². The number of aliphatic carboxylic acids is 1. The smallest absolute Gasteiger partial charge is 0.327 e. The van der Waals surface area contributed by atoms with Gasteiger partial charge in [0.2, 0.25) is 17.7 Å². The number of hydrogen-bond donors (Lipinski definition) is 8. The van der Waals surface area contributed by atoms with E-state index >= 15 is 0 Å². The molecule has 13 nitrogen and oxygen atoms in total. The van der Waals surface area contributed by atoms with Crippen LogP contribution in [0.1, 0.15) is 17.8 Å². The average molecular weight is 527 g/mol. The minimum absolute atomic E-state index is 0.0691. The number of nitrogens with two attached hydrogens (primary N) is 1. The monoisotopic (exact) mass is 526 g/mol. The second kappa shape index (κ2) is 14.4. The van der Waals surface area contributed by atoms with Crippen LogP contribution in [-0.4, -0.2) is 90.7 Å². The SMILES string of the molecule is CSCCC(NC(=O)C(Cc1cnc[nH]1)NC(=O)C(N)Cc1cnc[nH]1)C(=O)NC(CS)C(=O)O. The number of H-pyrrole nitrogens is 2. The van der Waals surface area contributed by atoms with Gasteiger partial charge >= 0.3 is 5.97 Å². The van der Waals surface area contributed by atoms with Crippen molar-refractivity contribution >= 4 is 48.1 Å². The number of carbonyl (C=O) groups is 4. The molecular formula is C20H30N8O5S2. The number of carboxylic acids is 1. The lowest BCUT2D eigenvalue weighted by atomic mass is 10.1. The molecule has 3 amide bonds. The highest BCUT2D eigenvalue weighted by Gasteiger charge is 2.30. The van der Waals surface area contributed by atoms with Crippen LogP contribution in [0.2, 0.25) is 0 Å². The molecule has 35 heavy (non-hydrogen) atoms. The lowest BCUT2D eigenvalue weighted by Gasteiger charge is -2.24. The Bertz CT molecular complexity index is 957. The van der Waals surface area contributed by atoms with Gasteiger partial charge in [0.05, 0.1) is 18.7 Å². The normalized spacial score (nSPS) is 14.4. The number of nitrogens with zero attached hydrogens (tertiary/aromatic N) is 2. The van der Waals surface area contributed by atoms with Crippen molar-refractivity contribution in [3.8, 4) is 0 Å². The molecule has 0 saturated carbocycles. The first-order valence-electron chi connectivity index (χ1n) is 10.7. The molecule has 4 unspecified atom stereocenters. The van der Waals surface area contributed by atoms with Crippen LogP contribution in [0.3, 0.4) is 0 Å². The van der Waals surface area contributed by atoms with E-state index < -0.39 is 47.9 Å². The van der Waals surface area contributed by atoms with Crippen molar-refractivity contribution in [1.82, 2.24) is 35.9 Å². The summed E-state index contributed by atoms with van der Waals surface area (Å²) in [7, 11) is 0. The molecule has 2 rings (SSSR count). The van der Waals surface area contributed by atoms with Gasteiger partial charge < -0.3 is 36.8 Å². The summed E-state index contributed by atoms with van der Waals surface area (Å²) in [6.07, 6.45) is 8.31. The number of carboxylic acid groups (broad SMARTS) is 1. The van der Waals surface area contributed by atoms with Crippen molar-refractivity contribution in [3.63, 3.8) is 0 Å². The summed E-state index contributed by atoms with van der Waals surface area (Å²) in [4.78, 5) is 63.5. The van der Waals surface area contributed by atoms with Crippen LogP contribution in [0, 0.1) is 0 Å². The summed E-state index contributed by atoms with van der Waals surface area (Å²) >= 11 is 5.41. The highest BCUT2D eigenvalue weighted by molar-refractivity contribution is 7.98. The van der Waals surface area contributed by atoms with Gasteiger partial charge in [-0.05, 0) is 18.4 Å². The number of aromatic amines is 2. The number of aromatic nitrogens is 4. The van der Waals surface area contributed by atoms with Crippen molar-refractivity contribution in [1.29, 1.82) is 0 Å². The molecule has 0 aliphatic heterocycles. The Kier molecular flexibility index (Phi) is 11.6. The van der Waals surface area contributed by atoms with E-state index in [4.69, 9.17) is 5.73 Å². The zero-order valence-electron chi connectivity index (χ0n) is 19.1. The van der Waals surface area contributed by atoms with Crippen molar-refractivity contribution in [2.75, 3.05) is 17.8 Å². The molecule has 0 spiro atoms. The van der Waals surface area contributed by atoms with E-state index in [1.165, 1.54) is 30.6 Å². The number of carbonyl (C=O) groups excluding carboxylic acids is 3. The fourth-order valence-electron chi connectivity index (χ4n) is 3.06. The molecule has 15 heteroatoms. The van der Waals surface area contributed by atoms with Crippen molar-refractivity contribution in [3.05, 3.63) is 36.4 Å². The second-order valence-electron chi connectivity index (χ2n) is 7.65. The molecule has 4 atom stereocenters. The molecule has 2 aromatic heterocycles. The van der Waals surface area contributed by atoms with Gasteiger partial charge in [-0.1, -0.05) is 0 Å². The minimum atomic E-state index is -1.24. The zero-order valence-corrected chi connectivity index (χ0v) is 20.8. The standard InChI is InChI=1S/C20H30N8O5S2/c1-35-3-2-14(18(30)28-16(8-34)20(32)33)26-19(31)15(5-12-7-23-10-25-12)27-17(29)13(21)4-11-6-22-9-24-11/h6-7,9-10,13-16,34H,2-5,8,21H2,1H3,(H,22,24)(H,23,25)(H,26,31)(H,27,29)(H,28,30)(H,32,33). The lowest BCUT2D eigenvalue weighted by molar-refractivity contribution is -0.141. The fraction of sp³-hybridized carbons (Fsp3) is 0.500. The molecule has 192 valence electrons. The van der Waals surface area contributed by atoms with Gasteiger partial charge in [-0.15, -0.1) is 0 Å². The van der Waals surface area contributed by atoms with Crippen molar-refractivity contribution in [2.24, 2.45) is 5.73 Å². The topological polar surface area (TPSA) is 208 Å². The van der Waals surface area contributed by atoms with E-state index in [1.54, 1.807) is 6.20 Å². The summed E-state index contributed by atoms with van der Waals surface area (Å²) in [6, 6.07) is -4.24. The molecule has 0 radical (unpaired) electrons. The van der Waals surface area contributed by atoms with Gasteiger partial charge in [-0.3, -0.25) is 14.4 Å². The summed E-state index contributed by atoms with van der Waals surface area (Å²) in [5.74, 6) is -2.66. The number of imidazole rings is 2.